The molecule has 2 heterocycles. The van der Waals surface area contributed by atoms with Crippen molar-refractivity contribution >= 4 is 15.9 Å². The maximum Gasteiger partial charge on any atom is 0.248 e. The number of carbonyl (C=O) groups excluding carboxylic acids is 1. The van der Waals surface area contributed by atoms with Crippen LogP contribution in [-0.2, 0) is 14.8 Å². The van der Waals surface area contributed by atoms with Crippen LogP contribution in [0.15, 0.2) is 9.42 Å². The van der Waals surface area contributed by atoms with Gasteiger partial charge in [-0.2, -0.15) is 4.31 Å². The van der Waals surface area contributed by atoms with Crippen LogP contribution in [-0.4, -0.2) is 54.9 Å². The topological polar surface area (TPSA) is 83.7 Å². The van der Waals surface area contributed by atoms with Gasteiger partial charge in [-0.05, 0) is 58.3 Å². The summed E-state index contributed by atoms with van der Waals surface area (Å²) in [5, 5.41) is 3.77. The van der Waals surface area contributed by atoms with Crippen molar-refractivity contribution in [3.63, 3.8) is 0 Å². The van der Waals surface area contributed by atoms with Crippen LogP contribution in [0.5, 0.6) is 0 Å². The van der Waals surface area contributed by atoms with Gasteiger partial charge in [0, 0.05) is 26.2 Å². The van der Waals surface area contributed by atoms with E-state index in [1.807, 2.05) is 11.9 Å². The second-order valence-electron chi connectivity index (χ2n) is 8.22. The van der Waals surface area contributed by atoms with Crippen molar-refractivity contribution in [3.8, 4) is 0 Å². The fourth-order valence-corrected chi connectivity index (χ4v) is 6.25. The average Bonchev–Trinajstić information content (AvgIpc) is 3.00. The maximum atomic E-state index is 13.1. The molecule has 1 aromatic rings. The summed E-state index contributed by atoms with van der Waals surface area (Å²) in [6, 6.07) is 0.281. The fourth-order valence-electron chi connectivity index (χ4n) is 4.43. The molecule has 3 rings (SSSR count). The number of sulfonamides is 1. The predicted molar refractivity (Wildman–Crippen MR) is 102 cm³/mol. The molecule has 1 unspecified atom stereocenters. The Morgan fingerprint density at radius 1 is 1.19 bits per heavy atom. The minimum atomic E-state index is -3.70. The summed E-state index contributed by atoms with van der Waals surface area (Å²) in [5.41, 5.74) is 0.370. The number of carbonyl (C=O) groups is 1. The predicted octanol–water partition coefficient (Wildman–Crippen LogP) is 2.73. The van der Waals surface area contributed by atoms with Crippen LogP contribution in [0.1, 0.15) is 56.9 Å². The Bertz CT molecular complexity index is 761. The van der Waals surface area contributed by atoms with Gasteiger partial charge in [0.2, 0.25) is 15.9 Å². The molecular weight excluding hydrogens is 366 g/mol. The highest BCUT2D eigenvalue weighted by Gasteiger charge is 2.38. The van der Waals surface area contributed by atoms with Crippen LogP contribution in [0.4, 0.5) is 0 Å². The second kappa shape index (κ2) is 7.91. The lowest BCUT2D eigenvalue weighted by Gasteiger charge is -2.38. The Morgan fingerprint density at radius 2 is 1.85 bits per heavy atom. The molecule has 1 saturated heterocycles. The summed E-state index contributed by atoms with van der Waals surface area (Å²) in [6.07, 6.45) is 5.81. The van der Waals surface area contributed by atoms with E-state index >= 15 is 0 Å². The summed E-state index contributed by atoms with van der Waals surface area (Å²) in [7, 11) is -1.82. The van der Waals surface area contributed by atoms with E-state index in [1.54, 1.807) is 13.8 Å². The Balaban J connectivity index is 1.71. The fraction of sp³-hybridized carbons (Fsp3) is 0.789. The Hall–Kier alpha value is -1.41. The van der Waals surface area contributed by atoms with Crippen molar-refractivity contribution in [2.24, 2.45) is 11.8 Å². The highest BCUT2D eigenvalue weighted by molar-refractivity contribution is 7.89. The van der Waals surface area contributed by atoms with Gasteiger partial charge in [-0.3, -0.25) is 4.79 Å². The molecule has 7 nitrogen and oxygen atoms in total. The van der Waals surface area contributed by atoms with Crippen LogP contribution in [0.25, 0.3) is 0 Å². The van der Waals surface area contributed by atoms with Gasteiger partial charge in [0.15, 0.2) is 5.76 Å². The van der Waals surface area contributed by atoms with Crippen molar-refractivity contribution in [1.82, 2.24) is 14.4 Å². The lowest BCUT2D eigenvalue weighted by molar-refractivity contribution is -0.138. The zero-order chi connectivity index (χ0) is 19.8. The molecule has 0 N–H and O–H groups in total. The van der Waals surface area contributed by atoms with Gasteiger partial charge in [-0.1, -0.05) is 12.1 Å². The van der Waals surface area contributed by atoms with Crippen LogP contribution in [0, 0.1) is 25.7 Å². The molecule has 1 aliphatic heterocycles. The number of hydrogen-bond acceptors (Lipinski definition) is 5. The standard InChI is InChI=1S/C19H31N3O4S/c1-13-7-9-17(10-8-13)21(4)19(23)16-6-5-11-22(12-16)27(24,25)18-14(2)20-26-15(18)3/h13,16-17H,5-12H2,1-4H3. The van der Waals surface area contributed by atoms with Crippen LogP contribution >= 0.6 is 0 Å². The summed E-state index contributed by atoms with van der Waals surface area (Å²) in [4.78, 5) is 15.1. The zero-order valence-electron chi connectivity index (χ0n) is 16.8. The van der Waals surface area contributed by atoms with E-state index in [0.29, 0.717) is 24.4 Å². The number of aromatic nitrogens is 1. The summed E-state index contributed by atoms with van der Waals surface area (Å²) in [5.74, 6) is 0.830. The quantitative estimate of drug-likeness (QED) is 0.780. The third-order valence-corrected chi connectivity index (χ3v) is 8.29. The van der Waals surface area contributed by atoms with Gasteiger partial charge >= 0.3 is 0 Å². The van der Waals surface area contributed by atoms with Crippen LogP contribution < -0.4 is 0 Å². The first-order valence-corrected chi connectivity index (χ1v) is 11.4. The van der Waals surface area contributed by atoms with Crippen molar-refractivity contribution < 1.29 is 17.7 Å². The van der Waals surface area contributed by atoms with E-state index in [9.17, 15) is 13.2 Å². The molecule has 0 spiro atoms. The molecule has 2 aliphatic rings. The molecule has 1 aromatic heterocycles. The highest BCUT2D eigenvalue weighted by Crippen LogP contribution is 2.31. The molecule has 27 heavy (non-hydrogen) atoms. The minimum Gasteiger partial charge on any atom is -0.360 e. The van der Waals surface area contributed by atoms with Crippen molar-refractivity contribution in [2.75, 3.05) is 20.1 Å². The lowest BCUT2D eigenvalue weighted by atomic mass is 9.86. The highest BCUT2D eigenvalue weighted by atomic mass is 32.2. The van der Waals surface area contributed by atoms with E-state index in [-0.39, 0.29) is 29.3 Å². The van der Waals surface area contributed by atoms with E-state index in [0.717, 1.165) is 38.0 Å². The number of amides is 1. The Labute approximate surface area is 162 Å². The Kier molecular flexibility index (Phi) is 5.96. The van der Waals surface area contributed by atoms with Crippen molar-refractivity contribution in [1.29, 1.82) is 0 Å². The molecule has 0 radical (unpaired) electrons. The molecule has 1 amide bonds. The van der Waals surface area contributed by atoms with Gasteiger partial charge in [0.1, 0.15) is 10.6 Å². The van der Waals surface area contributed by atoms with Gasteiger partial charge in [-0.25, -0.2) is 8.42 Å². The van der Waals surface area contributed by atoms with Gasteiger partial charge in [-0.15, -0.1) is 0 Å². The summed E-state index contributed by atoms with van der Waals surface area (Å²) in [6.45, 7) is 6.17. The third-order valence-electron chi connectivity index (χ3n) is 6.18. The zero-order valence-corrected chi connectivity index (χ0v) is 17.6. The van der Waals surface area contributed by atoms with E-state index in [2.05, 4.69) is 12.1 Å². The third kappa shape index (κ3) is 4.06. The minimum absolute atomic E-state index is 0.0771. The number of hydrogen-bond donors (Lipinski definition) is 0. The molecule has 1 saturated carbocycles. The number of piperidine rings is 1. The van der Waals surface area contributed by atoms with Crippen molar-refractivity contribution in [3.05, 3.63) is 11.5 Å². The smallest absolute Gasteiger partial charge is 0.248 e. The van der Waals surface area contributed by atoms with Gasteiger partial charge in [0.25, 0.3) is 0 Å². The van der Waals surface area contributed by atoms with E-state index < -0.39 is 10.0 Å². The molecule has 0 aromatic carbocycles. The molecule has 1 aliphatic carbocycles. The number of aryl methyl sites for hydroxylation is 2. The van der Waals surface area contributed by atoms with E-state index in [1.165, 1.54) is 4.31 Å². The summed E-state index contributed by atoms with van der Waals surface area (Å²) >= 11 is 0. The first kappa shape index (κ1) is 20.3. The van der Waals surface area contributed by atoms with Gasteiger partial charge in [0.05, 0.1) is 5.92 Å². The SMILES string of the molecule is Cc1noc(C)c1S(=O)(=O)N1CCCC(C(=O)N(C)C2CCC(C)CC2)C1. The second-order valence-corrected chi connectivity index (χ2v) is 10.1. The average molecular weight is 398 g/mol. The largest absolute Gasteiger partial charge is 0.360 e. The Morgan fingerprint density at radius 3 is 2.44 bits per heavy atom. The van der Waals surface area contributed by atoms with Crippen LogP contribution in [0.2, 0.25) is 0 Å². The van der Waals surface area contributed by atoms with Gasteiger partial charge < -0.3 is 9.42 Å². The number of nitrogens with zero attached hydrogens (tertiary/aromatic N) is 3. The molecule has 152 valence electrons. The van der Waals surface area contributed by atoms with Crippen molar-refractivity contribution in [2.45, 2.75) is 70.2 Å². The summed E-state index contributed by atoms with van der Waals surface area (Å²) < 4.78 is 32.6. The first-order chi connectivity index (χ1) is 12.7. The van der Waals surface area contributed by atoms with E-state index in [4.69, 9.17) is 4.52 Å². The molecule has 0 bridgehead atoms. The number of rotatable bonds is 4. The molecule has 8 heteroatoms. The molecular formula is C19H31N3O4S. The first-order valence-electron chi connectivity index (χ1n) is 9.91. The molecule has 1 atom stereocenters. The van der Waals surface area contributed by atoms with Crippen LogP contribution in [0.3, 0.4) is 0 Å². The monoisotopic (exact) mass is 397 g/mol. The maximum absolute atomic E-state index is 13.1. The molecule has 2 fully saturated rings. The normalized spacial score (nSPS) is 27.5. The lowest BCUT2D eigenvalue weighted by Crippen LogP contribution is -2.48.